The van der Waals surface area contributed by atoms with Crippen molar-refractivity contribution in [2.24, 2.45) is 0 Å². The smallest absolute Gasteiger partial charge is 0.328 e. The second kappa shape index (κ2) is 4.58. The minimum Gasteiger partial charge on any atom is -0.478 e. The molecular weight excluding hydrogens is 246 g/mol. The van der Waals surface area contributed by atoms with Crippen molar-refractivity contribution in [3.05, 3.63) is 39.9 Å². The van der Waals surface area contributed by atoms with Gasteiger partial charge in [0.1, 0.15) is 6.07 Å². The van der Waals surface area contributed by atoms with Crippen molar-refractivity contribution in [2.45, 2.75) is 0 Å². The summed E-state index contributed by atoms with van der Waals surface area (Å²) in [7, 11) is 0. The average Bonchev–Trinajstić information content (AvgIpc) is 2.16. The maximum absolute atomic E-state index is 10.3. The van der Waals surface area contributed by atoms with E-state index < -0.39 is 5.97 Å². The summed E-state index contributed by atoms with van der Waals surface area (Å²) in [5.74, 6) is -1.01. The first kappa shape index (κ1) is 10.5. The maximum atomic E-state index is 10.3. The van der Waals surface area contributed by atoms with Gasteiger partial charge in [-0.2, -0.15) is 5.26 Å². The van der Waals surface area contributed by atoms with Crippen LogP contribution in [0, 0.1) is 11.3 Å². The van der Waals surface area contributed by atoms with Gasteiger partial charge >= 0.3 is 5.97 Å². The van der Waals surface area contributed by atoms with Crippen LogP contribution in [-0.2, 0) is 4.79 Å². The molecule has 0 atom stereocenters. The third-order valence-electron chi connectivity index (χ3n) is 1.55. The molecule has 3 nitrogen and oxygen atoms in total. The highest BCUT2D eigenvalue weighted by molar-refractivity contribution is 9.10. The molecule has 4 heteroatoms. The molecule has 0 unspecified atom stereocenters. The Bertz CT molecular complexity index is 432. The standard InChI is InChI=1S/C10H6BrNO2/c11-10-7(4-5-9(13)14)2-1-3-8(10)6-12/h1-5H,(H,13,14)/b5-4+. The van der Waals surface area contributed by atoms with E-state index in [0.717, 1.165) is 6.08 Å². The Morgan fingerprint density at radius 2 is 2.29 bits per heavy atom. The molecule has 0 aliphatic rings. The summed E-state index contributed by atoms with van der Waals surface area (Å²) in [6, 6.07) is 7.08. The molecule has 0 spiro atoms. The molecule has 0 fully saturated rings. The molecule has 0 bridgehead atoms. The third-order valence-corrected chi connectivity index (χ3v) is 2.44. The first-order chi connectivity index (χ1) is 6.65. The Kier molecular flexibility index (Phi) is 3.43. The number of hydrogen-bond donors (Lipinski definition) is 1. The van der Waals surface area contributed by atoms with E-state index >= 15 is 0 Å². The minimum atomic E-state index is -1.01. The first-order valence-electron chi connectivity index (χ1n) is 3.75. The van der Waals surface area contributed by atoms with Crippen LogP contribution in [-0.4, -0.2) is 11.1 Å². The van der Waals surface area contributed by atoms with Crippen molar-refractivity contribution in [1.82, 2.24) is 0 Å². The second-order valence-corrected chi connectivity index (χ2v) is 3.29. The van der Waals surface area contributed by atoms with Crippen LogP contribution in [0.15, 0.2) is 28.7 Å². The summed E-state index contributed by atoms with van der Waals surface area (Å²) in [6.07, 6.45) is 2.47. The number of benzene rings is 1. The Morgan fingerprint density at radius 3 is 2.86 bits per heavy atom. The SMILES string of the molecule is N#Cc1cccc(/C=C/C(=O)O)c1Br. The molecule has 0 aliphatic heterocycles. The molecule has 1 aromatic rings. The molecular formula is C10H6BrNO2. The van der Waals surface area contributed by atoms with E-state index in [-0.39, 0.29) is 0 Å². The number of hydrogen-bond acceptors (Lipinski definition) is 2. The van der Waals surface area contributed by atoms with Crippen LogP contribution >= 0.6 is 15.9 Å². The van der Waals surface area contributed by atoms with E-state index in [0.29, 0.717) is 15.6 Å². The number of rotatable bonds is 2. The van der Waals surface area contributed by atoms with Crippen LogP contribution in [0.25, 0.3) is 6.08 Å². The van der Waals surface area contributed by atoms with Crippen molar-refractivity contribution in [2.75, 3.05) is 0 Å². The Labute approximate surface area is 89.4 Å². The van der Waals surface area contributed by atoms with Gasteiger partial charge in [-0.1, -0.05) is 12.1 Å². The molecule has 14 heavy (non-hydrogen) atoms. The van der Waals surface area contributed by atoms with Gasteiger partial charge in [-0.25, -0.2) is 4.79 Å². The van der Waals surface area contributed by atoms with Crippen molar-refractivity contribution >= 4 is 28.0 Å². The molecule has 1 rings (SSSR count). The normalized spacial score (nSPS) is 10.0. The second-order valence-electron chi connectivity index (χ2n) is 2.49. The molecule has 0 radical (unpaired) electrons. The monoisotopic (exact) mass is 251 g/mol. The molecule has 0 aliphatic carbocycles. The van der Waals surface area contributed by atoms with Gasteiger partial charge in [-0.05, 0) is 33.6 Å². The van der Waals surface area contributed by atoms with Gasteiger partial charge in [0.2, 0.25) is 0 Å². The molecule has 0 amide bonds. The van der Waals surface area contributed by atoms with Gasteiger partial charge in [-0.3, -0.25) is 0 Å². The van der Waals surface area contributed by atoms with Crippen LogP contribution < -0.4 is 0 Å². The summed E-state index contributed by atoms with van der Waals surface area (Å²) in [4.78, 5) is 10.3. The molecule has 0 saturated carbocycles. The number of halogens is 1. The van der Waals surface area contributed by atoms with Crippen molar-refractivity contribution < 1.29 is 9.90 Å². The molecule has 1 N–H and O–H groups in total. The lowest BCUT2D eigenvalue weighted by molar-refractivity contribution is -0.131. The zero-order valence-corrected chi connectivity index (χ0v) is 8.65. The Morgan fingerprint density at radius 1 is 1.57 bits per heavy atom. The predicted molar refractivity (Wildman–Crippen MR) is 55.5 cm³/mol. The van der Waals surface area contributed by atoms with Gasteiger partial charge in [0.05, 0.1) is 5.56 Å². The maximum Gasteiger partial charge on any atom is 0.328 e. The number of nitrogens with zero attached hydrogens (tertiary/aromatic N) is 1. The Hall–Kier alpha value is -1.60. The van der Waals surface area contributed by atoms with Crippen molar-refractivity contribution in [3.8, 4) is 6.07 Å². The van der Waals surface area contributed by atoms with Crippen LogP contribution in [0.1, 0.15) is 11.1 Å². The summed E-state index contributed by atoms with van der Waals surface area (Å²) in [5, 5.41) is 17.1. The minimum absolute atomic E-state index is 0.484. The topological polar surface area (TPSA) is 61.1 Å². The summed E-state index contributed by atoms with van der Waals surface area (Å²) < 4.78 is 0.611. The fourth-order valence-corrected chi connectivity index (χ4v) is 1.41. The van der Waals surface area contributed by atoms with E-state index in [4.69, 9.17) is 10.4 Å². The highest BCUT2D eigenvalue weighted by atomic mass is 79.9. The van der Waals surface area contributed by atoms with Gasteiger partial charge in [0.25, 0.3) is 0 Å². The van der Waals surface area contributed by atoms with E-state index in [2.05, 4.69) is 15.9 Å². The number of carboxylic acid groups (broad SMARTS) is 1. The Balaban J connectivity index is 3.12. The first-order valence-corrected chi connectivity index (χ1v) is 4.54. The fourth-order valence-electron chi connectivity index (χ4n) is 0.926. The largest absolute Gasteiger partial charge is 0.478 e. The number of carboxylic acids is 1. The van der Waals surface area contributed by atoms with E-state index in [9.17, 15) is 4.79 Å². The van der Waals surface area contributed by atoms with Gasteiger partial charge < -0.3 is 5.11 Å². The molecule has 0 aromatic heterocycles. The molecule has 70 valence electrons. The summed E-state index contributed by atoms with van der Waals surface area (Å²) in [5.41, 5.74) is 1.16. The lowest BCUT2D eigenvalue weighted by Gasteiger charge is -1.98. The highest BCUT2D eigenvalue weighted by Crippen LogP contribution is 2.22. The van der Waals surface area contributed by atoms with Crippen LogP contribution in [0.2, 0.25) is 0 Å². The number of nitriles is 1. The van der Waals surface area contributed by atoms with E-state index in [1.807, 2.05) is 6.07 Å². The van der Waals surface area contributed by atoms with Crippen LogP contribution in [0.5, 0.6) is 0 Å². The van der Waals surface area contributed by atoms with Crippen LogP contribution in [0.4, 0.5) is 0 Å². The number of carbonyl (C=O) groups is 1. The lowest BCUT2D eigenvalue weighted by Crippen LogP contribution is -1.87. The van der Waals surface area contributed by atoms with Crippen molar-refractivity contribution in [3.63, 3.8) is 0 Å². The lowest BCUT2D eigenvalue weighted by atomic mass is 10.1. The molecule has 0 saturated heterocycles. The fraction of sp³-hybridized carbons (Fsp3) is 0. The zero-order valence-electron chi connectivity index (χ0n) is 7.07. The summed E-state index contributed by atoms with van der Waals surface area (Å²) in [6.45, 7) is 0. The van der Waals surface area contributed by atoms with Crippen molar-refractivity contribution in [1.29, 1.82) is 5.26 Å². The quantitative estimate of drug-likeness (QED) is 0.822. The third kappa shape index (κ3) is 2.44. The van der Waals surface area contributed by atoms with E-state index in [1.165, 1.54) is 6.08 Å². The predicted octanol–water partition coefficient (Wildman–Crippen LogP) is 2.42. The van der Waals surface area contributed by atoms with Crippen LogP contribution in [0.3, 0.4) is 0 Å². The van der Waals surface area contributed by atoms with Gasteiger partial charge in [0, 0.05) is 10.5 Å². The molecule has 1 aromatic carbocycles. The van der Waals surface area contributed by atoms with E-state index in [1.54, 1.807) is 18.2 Å². The average molecular weight is 252 g/mol. The highest BCUT2D eigenvalue weighted by Gasteiger charge is 2.01. The summed E-state index contributed by atoms with van der Waals surface area (Å²) >= 11 is 3.22. The molecule has 0 heterocycles. The van der Waals surface area contributed by atoms with Gasteiger partial charge in [0.15, 0.2) is 0 Å². The zero-order chi connectivity index (χ0) is 10.6. The number of aliphatic carboxylic acids is 1. The van der Waals surface area contributed by atoms with Gasteiger partial charge in [-0.15, -0.1) is 0 Å².